The van der Waals surface area contributed by atoms with Crippen LogP contribution in [0.25, 0.3) is 0 Å². The van der Waals surface area contributed by atoms with Crippen LogP contribution < -0.4 is 9.47 Å². The first-order valence-corrected chi connectivity index (χ1v) is 10.3. The van der Waals surface area contributed by atoms with Crippen LogP contribution >= 0.6 is 0 Å². The number of aryl methyl sites for hydroxylation is 2. The summed E-state index contributed by atoms with van der Waals surface area (Å²) in [5, 5.41) is 21.0. The van der Waals surface area contributed by atoms with Crippen molar-refractivity contribution >= 4 is 0 Å². The minimum atomic E-state index is -0.642. The van der Waals surface area contributed by atoms with Crippen LogP contribution in [-0.2, 0) is 12.8 Å². The van der Waals surface area contributed by atoms with Gasteiger partial charge in [0.15, 0.2) is 0 Å². The number of aliphatic hydroxyl groups is 2. The first kappa shape index (κ1) is 20.1. The maximum absolute atomic E-state index is 13.3. The minimum absolute atomic E-state index is 0.280. The third-order valence-electron chi connectivity index (χ3n) is 5.86. The van der Waals surface area contributed by atoms with Gasteiger partial charge >= 0.3 is 0 Å². The minimum Gasteiger partial charge on any atom is -0.487 e. The molecule has 0 saturated heterocycles. The van der Waals surface area contributed by atoms with E-state index >= 15 is 0 Å². The number of fused-ring (bicyclic) bond motifs is 2. The van der Waals surface area contributed by atoms with Gasteiger partial charge in [0.05, 0.1) is 12.2 Å². The summed E-state index contributed by atoms with van der Waals surface area (Å²) in [7, 11) is 0. The Balaban J connectivity index is 1.24. The van der Waals surface area contributed by atoms with Crippen LogP contribution in [0.2, 0.25) is 0 Å². The van der Waals surface area contributed by atoms with E-state index in [0.717, 1.165) is 11.1 Å². The molecular formula is C23H26F2O4. The zero-order valence-corrected chi connectivity index (χ0v) is 16.2. The molecule has 4 nitrogen and oxygen atoms in total. The van der Waals surface area contributed by atoms with Crippen LogP contribution in [0, 0.1) is 11.6 Å². The Morgan fingerprint density at radius 3 is 1.69 bits per heavy atom. The molecule has 2 N–H and O–H groups in total. The second kappa shape index (κ2) is 8.67. The van der Waals surface area contributed by atoms with Crippen molar-refractivity contribution in [3.8, 4) is 11.5 Å². The Morgan fingerprint density at radius 2 is 1.24 bits per heavy atom. The molecule has 29 heavy (non-hydrogen) atoms. The van der Waals surface area contributed by atoms with Gasteiger partial charge in [0.1, 0.15) is 35.3 Å². The van der Waals surface area contributed by atoms with Gasteiger partial charge in [-0.25, -0.2) is 8.78 Å². The lowest BCUT2D eigenvalue weighted by Gasteiger charge is -2.31. The summed E-state index contributed by atoms with van der Waals surface area (Å²) >= 11 is 0. The summed E-state index contributed by atoms with van der Waals surface area (Å²) in [4.78, 5) is 0. The molecule has 2 heterocycles. The molecule has 0 spiro atoms. The molecule has 2 aromatic rings. The molecule has 0 radical (unpaired) electrons. The highest BCUT2D eigenvalue weighted by molar-refractivity contribution is 5.36. The van der Waals surface area contributed by atoms with Gasteiger partial charge in [-0.05, 0) is 92.5 Å². The maximum atomic E-state index is 13.3. The van der Waals surface area contributed by atoms with Gasteiger partial charge < -0.3 is 19.7 Å². The monoisotopic (exact) mass is 404 g/mol. The van der Waals surface area contributed by atoms with E-state index in [4.69, 9.17) is 9.47 Å². The van der Waals surface area contributed by atoms with Gasteiger partial charge in [0.2, 0.25) is 0 Å². The van der Waals surface area contributed by atoms with Crippen LogP contribution in [0.15, 0.2) is 36.4 Å². The first-order chi connectivity index (χ1) is 14.0. The largest absolute Gasteiger partial charge is 0.487 e. The molecule has 0 fully saturated rings. The zero-order chi connectivity index (χ0) is 20.4. The molecule has 0 saturated carbocycles. The molecule has 156 valence electrons. The highest BCUT2D eigenvalue weighted by Gasteiger charge is 2.29. The molecule has 2 aliphatic rings. The Bertz CT molecular complexity index is 787. The van der Waals surface area contributed by atoms with Crippen molar-refractivity contribution in [3.63, 3.8) is 0 Å². The first-order valence-electron chi connectivity index (χ1n) is 10.3. The fraction of sp³-hybridized carbons (Fsp3) is 0.478. The van der Waals surface area contributed by atoms with Gasteiger partial charge in [-0.2, -0.15) is 0 Å². The van der Waals surface area contributed by atoms with Gasteiger partial charge in [0.25, 0.3) is 0 Å². The standard InChI is InChI=1S/C23H26F2O4/c24-16-6-10-20-14(12-16)4-8-22(28-20)18(26)2-1-3-19(27)23-9-5-15-13-17(25)7-11-21(15)29-23/h6-7,10-13,18-19,22-23,26-27H,1-5,8-9H2/t18-,19-,22-,23+/m0/s1. The van der Waals surface area contributed by atoms with Gasteiger partial charge in [-0.3, -0.25) is 0 Å². The van der Waals surface area contributed by atoms with E-state index in [9.17, 15) is 19.0 Å². The average Bonchev–Trinajstić information content (AvgIpc) is 2.72. The van der Waals surface area contributed by atoms with Crippen LogP contribution in [0.3, 0.4) is 0 Å². The molecule has 2 aromatic carbocycles. The molecule has 0 amide bonds. The van der Waals surface area contributed by atoms with Gasteiger partial charge in [-0.15, -0.1) is 0 Å². The lowest BCUT2D eigenvalue weighted by molar-refractivity contribution is 0.00133. The van der Waals surface area contributed by atoms with Crippen LogP contribution in [0.5, 0.6) is 11.5 Å². The summed E-state index contributed by atoms with van der Waals surface area (Å²) in [5.41, 5.74) is 1.66. The molecule has 0 aliphatic carbocycles. The fourth-order valence-electron chi connectivity index (χ4n) is 4.21. The van der Waals surface area contributed by atoms with Crippen molar-refractivity contribution in [3.05, 3.63) is 59.2 Å². The van der Waals surface area contributed by atoms with E-state index in [1.807, 2.05) is 0 Å². The van der Waals surface area contributed by atoms with E-state index in [1.54, 1.807) is 12.1 Å². The lowest BCUT2D eigenvalue weighted by atomic mass is 9.94. The second-order valence-corrected chi connectivity index (χ2v) is 7.96. The van der Waals surface area contributed by atoms with Crippen molar-refractivity contribution in [1.29, 1.82) is 0 Å². The topological polar surface area (TPSA) is 58.9 Å². The van der Waals surface area contributed by atoms with Crippen molar-refractivity contribution in [2.24, 2.45) is 0 Å². The van der Waals surface area contributed by atoms with Crippen LogP contribution in [-0.4, -0.2) is 34.6 Å². The molecule has 0 bridgehead atoms. The summed E-state index contributed by atoms with van der Waals surface area (Å²) < 4.78 is 38.3. The Labute approximate surface area is 169 Å². The summed E-state index contributed by atoms with van der Waals surface area (Å²) in [6.07, 6.45) is 2.34. The molecule has 6 heteroatoms. The second-order valence-electron chi connectivity index (χ2n) is 7.96. The molecule has 4 rings (SSSR count). The molecule has 0 unspecified atom stereocenters. The number of aliphatic hydroxyl groups excluding tert-OH is 2. The summed E-state index contributed by atoms with van der Waals surface area (Å²) in [6.45, 7) is 0. The third-order valence-corrected chi connectivity index (χ3v) is 5.86. The summed E-state index contributed by atoms with van der Waals surface area (Å²) in [6, 6.07) is 8.89. The summed E-state index contributed by atoms with van der Waals surface area (Å²) in [5.74, 6) is 0.705. The molecule has 2 aliphatic heterocycles. The Hall–Kier alpha value is -2.18. The van der Waals surface area contributed by atoms with Crippen LogP contribution in [0.1, 0.15) is 43.2 Å². The van der Waals surface area contributed by atoms with Gasteiger partial charge in [-0.1, -0.05) is 0 Å². The molecule has 0 aromatic heterocycles. The quantitative estimate of drug-likeness (QED) is 0.766. The van der Waals surface area contributed by atoms with Gasteiger partial charge in [0, 0.05) is 0 Å². The highest BCUT2D eigenvalue weighted by atomic mass is 19.1. The third kappa shape index (κ3) is 4.70. The maximum Gasteiger partial charge on any atom is 0.125 e. The SMILES string of the molecule is O[C@@H](CCC[C@H](O)[C@H]1CCc2cc(F)ccc2O1)[C@@H]1CCc2cc(F)ccc2O1. The van der Waals surface area contributed by atoms with E-state index in [0.29, 0.717) is 56.4 Å². The zero-order valence-electron chi connectivity index (χ0n) is 16.2. The van der Waals surface area contributed by atoms with E-state index < -0.39 is 12.2 Å². The lowest BCUT2D eigenvalue weighted by Crippen LogP contribution is -2.36. The van der Waals surface area contributed by atoms with E-state index in [1.165, 1.54) is 24.3 Å². The normalized spacial score (nSPS) is 22.6. The van der Waals surface area contributed by atoms with Crippen molar-refractivity contribution in [2.45, 2.75) is 69.4 Å². The Kier molecular flexibility index (Phi) is 6.01. The molecule has 4 atom stereocenters. The number of benzene rings is 2. The smallest absolute Gasteiger partial charge is 0.125 e. The van der Waals surface area contributed by atoms with E-state index in [-0.39, 0.29) is 23.8 Å². The number of hydrogen-bond donors (Lipinski definition) is 2. The van der Waals surface area contributed by atoms with Crippen molar-refractivity contribution in [1.82, 2.24) is 0 Å². The highest BCUT2D eigenvalue weighted by Crippen LogP contribution is 2.32. The number of halogens is 2. The number of hydrogen-bond acceptors (Lipinski definition) is 4. The number of rotatable bonds is 6. The average molecular weight is 404 g/mol. The predicted molar refractivity (Wildman–Crippen MR) is 104 cm³/mol. The fourth-order valence-corrected chi connectivity index (χ4v) is 4.21. The van der Waals surface area contributed by atoms with Crippen LogP contribution in [0.4, 0.5) is 8.78 Å². The molecular weight excluding hydrogens is 378 g/mol. The Morgan fingerprint density at radius 1 is 0.793 bits per heavy atom. The van der Waals surface area contributed by atoms with Crippen molar-refractivity contribution in [2.75, 3.05) is 0 Å². The van der Waals surface area contributed by atoms with Crippen molar-refractivity contribution < 1.29 is 28.5 Å². The van der Waals surface area contributed by atoms with E-state index in [2.05, 4.69) is 0 Å². The number of ether oxygens (including phenoxy) is 2. The predicted octanol–water partition coefficient (Wildman–Crippen LogP) is 3.94.